The van der Waals surface area contributed by atoms with E-state index in [0.29, 0.717) is 6.54 Å². The van der Waals surface area contributed by atoms with Crippen molar-refractivity contribution in [3.63, 3.8) is 0 Å². The van der Waals surface area contributed by atoms with Gasteiger partial charge in [-0.25, -0.2) is 0 Å². The number of aliphatic hydroxyl groups excluding tert-OH is 1. The van der Waals surface area contributed by atoms with E-state index < -0.39 is 0 Å². The fourth-order valence-corrected chi connectivity index (χ4v) is 3.95. The average molecular weight is 305 g/mol. The minimum atomic E-state index is 0.0470. The third-order valence-electron chi connectivity index (χ3n) is 3.37. The molecule has 3 heterocycles. The molecule has 3 rings (SSSR count). The molecule has 0 saturated carbocycles. The average Bonchev–Trinajstić information content (AvgIpc) is 3.12. The maximum Gasteiger partial charge on any atom is 0.246 e. The summed E-state index contributed by atoms with van der Waals surface area (Å²) in [5.74, 6) is 0.0563. The van der Waals surface area contributed by atoms with Gasteiger partial charge in [-0.15, -0.1) is 22.7 Å². The second-order valence-corrected chi connectivity index (χ2v) is 6.67. The molecule has 0 unspecified atom stereocenters. The molecule has 3 nitrogen and oxygen atoms in total. The zero-order chi connectivity index (χ0) is 13.9. The van der Waals surface area contributed by atoms with Crippen LogP contribution in [0.3, 0.4) is 0 Å². The lowest BCUT2D eigenvalue weighted by Crippen LogP contribution is -2.34. The Morgan fingerprint density at radius 1 is 1.45 bits per heavy atom. The fraction of sp³-hybridized carbons (Fsp3) is 0.267. The van der Waals surface area contributed by atoms with Crippen molar-refractivity contribution in [1.29, 1.82) is 0 Å². The van der Waals surface area contributed by atoms with Crippen LogP contribution in [0, 0.1) is 0 Å². The van der Waals surface area contributed by atoms with Gasteiger partial charge in [0.25, 0.3) is 0 Å². The molecule has 104 valence electrons. The molecular weight excluding hydrogens is 290 g/mol. The van der Waals surface area contributed by atoms with Crippen molar-refractivity contribution in [1.82, 2.24) is 4.90 Å². The highest BCUT2D eigenvalue weighted by Crippen LogP contribution is 2.24. The van der Waals surface area contributed by atoms with Gasteiger partial charge < -0.3 is 10.0 Å². The van der Waals surface area contributed by atoms with Gasteiger partial charge in [0.15, 0.2) is 0 Å². The van der Waals surface area contributed by atoms with Crippen molar-refractivity contribution in [3.05, 3.63) is 49.9 Å². The van der Waals surface area contributed by atoms with Gasteiger partial charge in [-0.1, -0.05) is 0 Å². The lowest BCUT2D eigenvalue weighted by Gasteiger charge is -2.25. The molecule has 20 heavy (non-hydrogen) atoms. The summed E-state index contributed by atoms with van der Waals surface area (Å²) in [6.07, 6.45) is 4.42. The molecule has 0 fully saturated rings. The van der Waals surface area contributed by atoms with Crippen LogP contribution in [0.5, 0.6) is 0 Å². The minimum Gasteiger partial charge on any atom is -0.392 e. The standard InChI is InChI=1S/C15H15NO2S2/c17-9-11-7-13(20-10-11)1-2-15(18)16-5-3-14-12(8-16)4-6-19-14/h1-2,4,6-7,10,17H,3,5,8-9H2. The Bertz CT molecular complexity index is 642. The van der Waals surface area contributed by atoms with E-state index in [9.17, 15) is 4.79 Å². The van der Waals surface area contributed by atoms with E-state index in [0.717, 1.165) is 23.4 Å². The van der Waals surface area contributed by atoms with Crippen molar-refractivity contribution < 1.29 is 9.90 Å². The number of hydrogen-bond acceptors (Lipinski definition) is 4. The summed E-state index contributed by atoms with van der Waals surface area (Å²) in [5, 5.41) is 13.0. The highest BCUT2D eigenvalue weighted by Gasteiger charge is 2.19. The SMILES string of the molecule is O=C(C=Cc1cc(CO)cs1)N1CCc2sccc2C1. The van der Waals surface area contributed by atoms with E-state index in [4.69, 9.17) is 5.11 Å². The first-order valence-electron chi connectivity index (χ1n) is 6.47. The van der Waals surface area contributed by atoms with E-state index >= 15 is 0 Å². The van der Waals surface area contributed by atoms with E-state index in [-0.39, 0.29) is 12.5 Å². The second-order valence-electron chi connectivity index (χ2n) is 4.73. The fourth-order valence-electron chi connectivity index (χ4n) is 2.26. The Labute approximate surface area is 125 Å². The Balaban J connectivity index is 1.65. The molecule has 0 aromatic carbocycles. The topological polar surface area (TPSA) is 40.5 Å². The van der Waals surface area contributed by atoms with Crippen LogP contribution in [-0.4, -0.2) is 22.5 Å². The molecule has 0 atom stereocenters. The molecule has 0 spiro atoms. The van der Waals surface area contributed by atoms with Gasteiger partial charge >= 0.3 is 0 Å². The van der Waals surface area contributed by atoms with Crippen LogP contribution in [0.25, 0.3) is 6.08 Å². The Morgan fingerprint density at radius 3 is 3.15 bits per heavy atom. The van der Waals surface area contributed by atoms with Crippen LogP contribution in [0.1, 0.15) is 20.9 Å². The third kappa shape index (κ3) is 2.85. The lowest BCUT2D eigenvalue weighted by atomic mass is 10.1. The number of thiophene rings is 2. The number of rotatable bonds is 3. The summed E-state index contributed by atoms with van der Waals surface area (Å²) in [5.41, 5.74) is 2.17. The largest absolute Gasteiger partial charge is 0.392 e. The van der Waals surface area contributed by atoms with Gasteiger partial charge in [-0.3, -0.25) is 4.79 Å². The van der Waals surface area contributed by atoms with Crippen molar-refractivity contribution >= 4 is 34.7 Å². The number of fused-ring (bicyclic) bond motifs is 1. The van der Waals surface area contributed by atoms with Crippen LogP contribution in [0.15, 0.2) is 29.0 Å². The minimum absolute atomic E-state index is 0.0470. The molecule has 0 bridgehead atoms. The van der Waals surface area contributed by atoms with Gasteiger partial charge in [0.1, 0.15) is 0 Å². The highest BCUT2D eigenvalue weighted by molar-refractivity contribution is 7.11. The first-order chi connectivity index (χ1) is 9.76. The van der Waals surface area contributed by atoms with Crippen molar-refractivity contribution in [2.75, 3.05) is 6.54 Å². The molecule has 1 amide bonds. The van der Waals surface area contributed by atoms with Crippen LogP contribution in [-0.2, 0) is 24.4 Å². The van der Waals surface area contributed by atoms with E-state index in [1.165, 1.54) is 21.8 Å². The number of amides is 1. The third-order valence-corrected chi connectivity index (χ3v) is 5.34. The number of carbonyl (C=O) groups is 1. The number of hydrogen-bond donors (Lipinski definition) is 1. The molecular formula is C15H15NO2S2. The van der Waals surface area contributed by atoms with Crippen LogP contribution < -0.4 is 0 Å². The van der Waals surface area contributed by atoms with Crippen LogP contribution >= 0.6 is 22.7 Å². The summed E-state index contributed by atoms with van der Waals surface area (Å²) in [6, 6.07) is 4.01. The maximum absolute atomic E-state index is 12.2. The van der Waals surface area contributed by atoms with Gasteiger partial charge in [-0.2, -0.15) is 0 Å². The summed E-state index contributed by atoms with van der Waals surface area (Å²) in [7, 11) is 0. The van der Waals surface area contributed by atoms with Crippen molar-refractivity contribution in [2.24, 2.45) is 0 Å². The Morgan fingerprint density at radius 2 is 2.35 bits per heavy atom. The molecule has 2 aromatic heterocycles. The molecule has 0 aliphatic carbocycles. The van der Waals surface area contributed by atoms with Crippen molar-refractivity contribution in [3.8, 4) is 0 Å². The summed E-state index contributed by atoms with van der Waals surface area (Å²) in [6.45, 7) is 1.56. The first-order valence-corrected chi connectivity index (χ1v) is 8.22. The highest BCUT2D eigenvalue weighted by atomic mass is 32.1. The zero-order valence-electron chi connectivity index (χ0n) is 10.9. The first kappa shape index (κ1) is 13.5. The molecule has 1 aliphatic heterocycles. The Kier molecular flexibility index (Phi) is 4.00. The monoisotopic (exact) mass is 305 g/mol. The van der Waals surface area contributed by atoms with Crippen molar-refractivity contribution in [2.45, 2.75) is 19.6 Å². The smallest absolute Gasteiger partial charge is 0.246 e. The summed E-state index contributed by atoms with van der Waals surface area (Å²) in [4.78, 5) is 16.5. The van der Waals surface area contributed by atoms with Gasteiger partial charge in [0, 0.05) is 28.9 Å². The maximum atomic E-state index is 12.2. The molecule has 0 radical (unpaired) electrons. The van der Waals surface area contributed by atoms with Crippen LogP contribution in [0.4, 0.5) is 0 Å². The van der Waals surface area contributed by atoms with Gasteiger partial charge in [-0.05, 0) is 46.5 Å². The quantitative estimate of drug-likeness (QED) is 0.886. The molecule has 1 N–H and O–H groups in total. The molecule has 2 aromatic rings. The van der Waals surface area contributed by atoms with Gasteiger partial charge in [0.2, 0.25) is 5.91 Å². The lowest BCUT2D eigenvalue weighted by molar-refractivity contribution is -0.126. The Hall–Kier alpha value is -1.43. The number of nitrogens with zero attached hydrogens (tertiary/aromatic N) is 1. The summed E-state index contributed by atoms with van der Waals surface area (Å²) < 4.78 is 0. The second kappa shape index (κ2) is 5.91. The van der Waals surface area contributed by atoms with Crippen LogP contribution in [0.2, 0.25) is 0 Å². The van der Waals surface area contributed by atoms with E-state index in [1.807, 2.05) is 22.4 Å². The predicted octanol–water partition coefficient (Wildman–Crippen LogP) is 2.90. The number of aliphatic hydroxyl groups is 1. The molecule has 0 saturated heterocycles. The van der Waals surface area contributed by atoms with E-state index in [2.05, 4.69) is 11.4 Å². The zero-order valence-corrected chi connectivity index (χ0v) is 12.5. The number of carbonyl (C=O) groups excluding carboxylic acids is 1. The molecule has 1 aliphatic rings. The predicted molar refractivity (Wildman–Crippen MR) is 82.7 cm³/mol. The summed E-state index contributed by atoms with van der Waals surface area (Å²) >= 11 is 3.31. The van der Waals surface area contributed by atoms with E-state index in [1.54, 1.807) is 17.4 Å². The molecule has 5 heteroatoms. The normalized spacial score (nSPS) is 14.8. The van der Waals surface area contributed by atoms with Gasteiger partial charge in [0.05, 0.1) is 6.61 Å².